The van der Waals surface area contributed by atoms with Crippen LogP contribution in [0, 0.1) is 0 Å². The summed E-state index contributed by atoms with van der Waals surface area (Å²) in [5, 5.41) is 14.0. The van der Waals surface area contributed by atoms with Gasteiger partial charge in [0.1, 0.15) is 13.2 Å². The van der Waals surface area contributed by atoms with Crippen LogP contribution in [-0.4, -0.2) is 73.4 Å². The van der Waals surface area contributed by atoms with Crippen molar-refractivity contribution in [3.8, 4) is 0 Å². The predicted molar refractivity (Wildman–Crippen MR) is 392 cm³/mol. The van der Waals surface area contributed by atoms with E-state index in [1.54, 1.807) is 6.08 Å². The van der Waals surface area contributed by atoms with Crippen molar-refractivity contribution in [2.75, 3.05) is 40.9 Å². The fourth-order valence-corrected chi connectivity index (χ4v) is 13.2. The Kier molecular flexibility index (Phi) is 70.0. The van der Waals surface area contributed by atoms with Crippen LogP contribution in [0.25, 0.3) is 0 Å². The number of amides is 1. The molecule has 89 heavy (non-hydrogen) atoms. The molecule has 0 saturated carbocycles. The number of nitrogens with zero attached hydrogens (tertiary/aromatic N) is 1. The predicted octanol–water partition coefficient (Wildman–Crippen LogP) is 26.0. The van der Waals surface area contributed by atoms with E-state index in [9.17, 15) is 19.4 Å². The summed E-state index contributed by atoms with van der Waals surface area (Å²) >= 11 is 0. The lowest BCUT2D eigenvalue weighted by molar-refractivity contribution is -0.870. The number of likely N-dealkylation sites (N-methyl/N-ethyl adjacent to an activating group) is 1. The zero-order valence-electron chi connectivity index (χ0n) is 60.7. The zero-order valence-corrected chi connectivity index (χ0v) is 61.6. The molecule has 0 rings (SSSR count). The molecule has 528 valence electrons. The van der Waals surface area contributed by atoms with Crippen LogP contribution in [0.4, 0.5) is 0 Å². The van der Waals surface area contributed by atoms with Crippen LogP contribution in [0.1, 0.15) is 418 Å². The number of nitrogens with one attached hydrogen (secondary N) is 1. The summed E-state index contributed by atoms with van der Waals surface area (Å²) in [5.41, 5.74) is 0. The lowest BCUT2D eigenvalue weighted by atomic mass is 10.0. The SMILES string of the molecule is CCCCCCCCCCCCCCCCCC/C=C/CC/C=C/CC/C=C/C(O)C(COP(=O)(O)OCC[N+](C)(C)C)NC(=O)CCCCCCCCCCCCCCCCCCCCCCCCCCCCCCCCCCCCCCCCCCC. The van der Waals surface area contributed by atoms with Crippen molar-refractivity contribution in [2.24, 2.45) is 0 Å². The summed E-state index contributed by atoms with van der Waals surface area (Å²) in [5.74, 6) is -0.182. The molecule has 0 spiro atoms. The third-order valence-electron chi connectivity index (χ3n) is 18.6. The first-order valence-corrected chi connectivity index (χ1v) is 41.4. The minimum Gasteiger partial charge on any atom is -0.387 e. The van der Waals surface area contributed by atoms with Crippen molar-refractivity contribution in [2.45, 2.75) is 431 Å². The minimum atomic E-state index is -4.37. The maximum atomic E-state index is 13.1. The normalized spacial score (nSPS) is 13.7. The summed E-state index contributed by atoms with van der Waals surface area (Å²) in [7, 11) is 1.57. The Labute approximate surface area is 557 Å². The number of phosphoric ester groups is 1. The van der Waals surface area contributed by atoms with Crippen LogP contribution in [0.5, 0.6) is 0 Å². The smallest absolute Gasteiger partial charge is 0.387 e. The number of rotatable bonds is 75. The van der Waals surface area contributed by atoms with E-state index in [1.807, 2.05) is 27.2 Å². The second-order valence-corrected chi connectivity index (χ2v) is 30.2. The van der Waals surface area contributed by atoms with Crippen molar-refractivity contribution < 1.29 is 32.9 Å². The summed E-state index contributed by atoms with van der Waals surface area (Å²) in [4.78, 5) is 23.5. The zero-order chi connectivity index (χ0) is 64.8. The van der Waals surface area contributed by atoms with Gasteiger partial charge in [0.05, 0.1) is 39.9 Å². The first-order chi connectivity index (χ1) is 43.5. The van der Waals surface area contributed by atoms with Gasteiger partial charge in [-0.25, -0.2) is 4.57 Å². The van der Waals surface area contributed by atoms with Crippen molar-refractivity contribution in [3.63, 3.8) is 0 Å². The Balaban J connectivity index is 3.93. The van der Waals surface area contributed by atoms with Gasteiger partial charge in [0.15, 0.2) is 0 Å². The first kappa shape index (κ1) is 87.7. The van der Waals surface area contributed by atoms with E-state index in [-0.39, 0.29) is 19.1 Å². The van der Waals surface area contributed by atoms with E-state index in [4.69, 9.17) is 9.05 Å². The molecule has 3 N–H and O–H groups in total. The van der Waals surface area contributed by atoms with Crippen molar-refractivity contribution in [1.82, 2.24) is 5.32 Å². The molecule has 0 saturated heterocycles. The summed E-state index contributed by atoms with van der Waals surface area (Å²) in [6.07, 6.45) is 96.5. The molecule has 0 aliphatic heterocycles. The molecular weight excluding hydrogens is 1120 g/mol. The highest BCUT2D eigenvalue weighted by molar-refractivity contribution is 7.47. The van der Waals surface area contributed by atoms with Crippen LogP contribution in [0.3, 0.4) is 0 Å². The van der Waals surface area contributed by atoms with Gasteiger partial charge in [0, 0.05) is 6.42 Å². The molecule has 0 bridgehead atoms. The standard InChI is InChI=1S/C80H157N2O6P/c1-6-8-10-12-14-16-18-20-22-24-26-28-30-32-34-35-36-37-38-39-40-41-42-43-44-45-46-47-48-50-52-54-56-58-60-62-64-66-68-70-72-74-80(84)81-78(77-88-89(85,86)87-76-75-82(3,4)5)79(83)73-71-69-67-65-63-61-59-57-55-53-51-49-33-31-29-27-25-23-21-19-17-15-13-11-9-7-2/h55,57,63,65,71,73,78-79,83H,6-54,56,58-62,64,66-70,72,74-77H2,1-5H3,(H-,81,84,85,86)/p+1/b57-55+,65-63+,73-71+. The molecular formula is C80H158N2O6P+. The number of allylic oxidation sites excluding steroid dienone is 5. The Bertz CT molecular complexity index is 1550. The molecule has 0 heterocycles. The van der Waals surface area contributed by atoms with Gasteiger partial charge in [-0.2, -0.15) is 0 Å². The lowest BCUT2D eigenvalue weighted by Crippen LogP contribution is -2.45. The van der Waals surface area contributed by atoms with E-state index >= 15 is 0 Å². The Morgan fingerprint density at radius 2 is 0.618 bits per heavy atom. The van der Waals surface area contributed by atoms with Crippen LogP contribution in [0.2, 0.25) is 0 Å². The van der Waals surface area contributed by atoms with Crippen LogP contribution in [0.15, 0.2) is 36.5 Å². The number of carbonyl (C=O) groups excluding carboxylic acids is 1. The average molecular weight is 1280 g/mol. The molecule has 9 heteroatoms. The molecule has 1 amide bonds. The average Bonchev–Trinajstić information content (AvgIpc) is 3.64. The maximum Gasteiger partial charge on any atom is 0.472 e. The monoisotopic (exact) mass is 1270 g/mol. The fraction of sp³-hybridized carbons (Fsp3) is 0.912. The Hall–Kier alpha value is -1.28. The molecule has 0 aromatic heterocycles. The van der Waals surface area contributed by atoms with Crippen LogP contribution < -0.4 is 5.32 Å². The number of phosphoric acid groups is 1. The molecule has 0 aliphatic rings. The first-order valence-electron chi connectivity index (χ1n) is 39.9. The molecule has 0 aliphatic carbocycles. The number of aliphatic hydroxyl groups excluding tert-OH is 1. The third-order valence-corrected chi connectivity index (χ3v) is 19.6. The van der Waals surface area contributed by atoms with Gasteiger partial charge in [0.25, 0.3) is 0 Å². The van der Waals surface area contributed by atoms with E-state index in [0.29, 0.717) is 17.4 Å². The van der Waals surface area contributed by atoms with Crippen molar-refractivity contribution in [1.29, 1.82) is 0 Å². The highest BCUT2D eigenvalue weighted by Gasteiger charge is 2.28. The molecule has 0 radical (unpaired) electrons. The number of quaternary nitrogens is 1. The fourth-order valence-electron chi connectivity index (χ4n) is 12.4. The van der Waals surface area contributed by atoms with E-state index in [0.717, 1.165) is 44.9 Å². The van der Waals surface area contributed by atoms with Gasteiger partial charge in [-0.3, -0.25) is 13.8 Å². The number of carbonyl (C=O) groups is 1. The van der Waals surface area contributed by atoms with Gasteiger partial charge in [-0.15, -0.1) is 0 Å². The highest BCUT2D eigenvalue weighted by Crippen LogP contribution is 2.43. The lowest BCUT2D eigenvalue weighted by Gasteiger charge is -2.25. The quantitative estimate of drug-likeness (QED) is 0.0243. The van der Waals surface area contributed by atoms with Gasteiger partial charge < -0.3 is 19.8 Å². The number of hydrogen-bond donors (Lipinski definition) is 3. The molecule has 0 aromatic carbocycles. The van der Waals surface area contributed by atoms with Crippen molar-refractivity contribution >= 4 is 13.7 Å². The van der Waals surface area contributed by atoms with Crippen LogP contribution in [-0.2, 0) is 18.4 Å². The van der Waals surface area contributed by atoms with E-state index in [1.165, 1.54) is 353 Å². The topological polar surface area (TPSA) is 105 Å². The Morgan fingerprint density at radius 3 is 0.899 bits per heavy atom. The highest BCUT2D eigenvalue weighted by atomic mass is 31.2. The molecule has 0 fully saturated rings. The molecule has 3 atom stereocenters. The molecule has 0 aromatic rings. The second-order valence-electron chi connectivity index (χ2n) is 28.8. The Morgan fingerprint density at radius 1 is 0.371 bits per heavy atom. The van der Waals surface area contributed by atoms with Crippen molar-refractivity contribution in [3.05, 3.63) is 36.5 Å². The van der Waals surface area contributed by atoms with Gasteiger partial charge >= 0.3 is 7.82 Å². The largest absolute Gasteiger partial charge is 0.472 e. The van der Waals surface area contributed by atoms with Gasteiger partial charge in [0.2, 0.25) is 5.91 Å². The molecule has 8 nitrogen and oxygen atoms in total. The number of aliphatic hydroxyl groups is 1. The number of hydrogen-bond acceptors (Lipinski definition) is 5. The van der Waals surface area contributed by atoms with Gasteiger partial charge in [-0.05, 0) is 44.9 Å². The van der Waals surface area contributed by atoms with Gasteiger partial charge in [-0.1, -0.05) is 403 Å². The van der Waals surface area contributed by atoms with E-state index < -0.39 is 20.0 Å². The molecule has 3 unspecified atom stereocenters. The maximum absolute atomic E-state index is 13.1. The minimum absolute atomic E-state index is 0.0555. The van der Waals surface area contributed by atoms with Crippen LogP contribution >= 0.6 is 7.82 Å². The second kappa shape index (κ2) is 71.0. The third kappa shape index (κ3) is 74.0. The summed E-state index contributed by atoms with van der Waals surface area (Å²) < 4.78 is 23.8. The summed E-state index contributed by atoms with van der Waals surface area (Å²) in [6, 6.07) is -0.870. The van der Waals surface area contributed by atoms with E-state index in [2.05, 4.69) is 43.5 Å². The summed E-state index contributed by atoms with van der Waals surface area (Å²) in [6.45, 7) is 4.85. The number of unbranched alkanes of at least 4 members (excludes halogenated alkanes) is 58.